The molecule has 1 aromatic carbocycles. The van der Waals surface area contributed by atoms with Crippen LogP contribution in [0.2, 0.25) is 0 Å². The molecule has 0 radical (unpaired) electrons. The number of nitrogens with one attached hydrogen (secondary N) is 1. The van der Waals surface area contributed by atoms with E-state index in [1.807, 2.05) is 37.3 Å². The minimum Gasteiger partial charge on any atom is -0.454 e. The second-order valence-electron chi connectivity index (χ2n) is 6.91. The van der Waals surface area contributed by atoms with Gasteiger partial charge in [0.25, 0.3) is 0 Å². The summed E-state index contributed by atoms with van der Waals surface area (Å²) in [6.07, 6.45) is 3.54. The molecule has 148 valence electrons. The van der Waals surface area contributed by atoms with Crippen LogP contribution in [0, 0.1) is 6.92 Å². The lowest BCUT2D eigenvalue weighted by atomic mass is 10.2. The summed E-state index contributed by atoms with van der Waals surface area (Å²) in [6.45, 7) is 5.51. The van der Waals surface area contributed by atoms with Crippen LogP contribution in [-0.2, 0) is 0 Å². The first kappa shape index (κ1) is 17.5. The fourth-order valence-electron chi connectivity index (χ4n) is 3.44. The Morgan fingerprint density at radius 1 is 0.862 bits per heavy atom. The van der Waals surface area contributed by atoms with Gasteiger partial charge in [-0.3, -0.25) is 0 Å². The monoisotopic (exact) mass is 391 g/mol. The summed E-state index contributed by atoms with van der Waals surface area (Å²) in [4.78, 5) is 22.4. The van der Waals surface area contributed by atoms with Gasteiger partial charge in [0.2, 0.25) is 18.7 Å². The molecule has 2 aromatic heterocycles. The molecule has 0 spiro atoms. The number of fused-ring (bicyclic) bond motifs is 1. The van der Waals surface area contributed by atoms with Gasteiger partial charge in [0.1, 0.15) is 5.82 Å². The van der Waals surface area contributed by atoms with Crippen LogP contribution in [0.1, 0.15) is 5.69 Å². The number of nitrogens with zero attached hydrogens (tertiary/aromatic N) is 6. The number of aryl methyl sites for hydroxylation is 1. The third-order valence-corrected chi connectivity index (χ3v) is 4.88. The Bertz CT molecular complexity index is 1010. The minimum absolute atomic E-state index is 0.259. The number of ether oxygens (including phenoxy) is 2. The summed E-state index contributed by atoms with van der Waals surface area (Å²) in [7, 11) is 0. The van der Waals surface area contributed by atoms with Crippen LogP contribution in [0.5, 0.6) is 11.5 Å². The molecule has 1 saturated heterocycles. The fourth-order valence-corrected chi connectivity index (χ4v) is 3.44. The Labute approximate surface area is 168 Å². The number of hydrogen-bond donors (Lipinski definition) is 1. The molecule has 2 aliphatic rings. The van der Waals surface area contributed by atoms with Crippen LogP contribution in [-0.4, -0.2) is 52.9 Å². The molecule has 0 atom stereocenters. The van der Waals surface area contributed by atoms with E-state index in [-0.39, 0.29) is 6.79 Å². The highest BCUT2D eigenvalue weighted by Crippen LogP contribution is 2.35. The van der Waals surface area contributed by atoms with Gasteiger partial charge in [-0.2, -0.15) is 4.98 Å². The predicted octanol–water partition coefficient (Wildman–Crippen LogP) is 2.37. The van der Waals surface area contributed by atoms with Gasteiger partial charge in [-0.1, -0.05) is 0 Å². The SMILES string of the molecule is Cc1cc(Nc2ccc3c(c2)OCO3)nc(N2CCN(c3ncccn3)CC2)n1. The standard InChI is InChI=1S/C20H21N7O2/c1-14-11-18(24-15-3-4-16-17(12-15)29-13-28-16)25-20(23-14)27-9-7-26(8-10-27)19-21-5-2-6-22-19/h2-6,11-12H,7-10,13H2,1H3,(H,23,24,25). The molecule has 1 N–H and O–H groups in total. The molecule has 1 fully saturated rings. The van der Waals surface area contributed by atoms with E-state index in [0.717, 1.165) is 66.8 Å². The molecule has 9 heteroatoms. The van der Waals surface area contributed by atoms with E-state index in [9.17, 15) is 0 Å². The van der Waals surface area contributed by atoms with Crippen molar-refractivity contribution in [1.29, 1.82) is 0 Å². The number of benzene rings is 1. The van der Waals surface area contributed by atoms with Crippen LogP contribution in [0.4, 0.5) is 23.4 Å². The van der Waals surface area contributed by atoms with Gasteiger partial charge in [-0.25, -0.2) is 15.0 Å². The summed E-state index contributed by atoms with van der Waals surface area (Å²) >= 11 is 0. The van der Waals surface area contributed by atoms with E-state index in [2.05, 4.69) is 30.1 Å². The van der Waals surface area contributed by atoms with Crippen molar-refractivity contribution in [2.24, 2.45) is 0 Å². The highest BCUT2D eigenvalue weighted by Gasteiger charge is 2.21. The zero-order valence-electron chi connectivity index (χ0n) is 16.1. The molecule has 9 nitrogen and oxygen atoms in total. The third kappa shape index (κ3) is 3.71. The molecular formula is C20H21N7O2. The topological polar surface area (TPSA) is 88.5 Å². The van der Waals surface area contributed by atoms with Crippen LogP contribution in [0.3, 0.4) is 0 Å². The van der Waals surface area contributed by atoms with Gasteiger partial charge in [0.05, 0.1) is 0 Å². The first-order chi connectivity index (χ1) is 14.2. The summed E-state index contributed by atoms with van der Waals surface area (Å²) in [5.41, 5.74) is 1.80. The number of anilines is 4. The molecule has 0 bridgehead atoms. The van der Waals surface area contributed by atoms with E-state index in [0.29, 0.717) is 0 Å². The fraction of sp³-hybridized carbons (Fsp3) is 0.300. The number of aromatic nitrogens is 4. The van der Waals surface area contributed by atoms with Crippen molar-refractivity contribution >= 4 is 23.4 Å². The Morgan fingerprint density at radius 2 is 1.59 bits per heavy atom. The molecule has 0 aliphatic carbocycles. The highest BCUT2D eigenvalue weighted by molar-refractivity contribution is 5.62. The summed E-state index contributed by atoms with van der Waals surface area (Å²) in [6, 6.07) is 9.52. The normalized spacial score (nSPS) is 15.5. The lowest BCUT2D eigenvalue weighted by Gasteiger charge is -2.34. The molecule has 2 aliphatic heterocycles. The minimum atomic E-state index is 0.259. The van der Waals surface area contributed by atoms with Gasteiger partial charge < -0.3 is 24.6 Å². The Morgan fingerprint density at radius 3 is 2.38 bits per heavy atom. The highest BCUT2D eigenvalue weighted by atomic mass is 16.7. The van der Waals surface area contributed by atoms with Gasteiger partial charge in [0, 0.05) is 62.1 Å². The summed E-state index contributed by atoms with van der Waals surface area (Å²) in [5, 5.41) is 3.34. The van der Waals surface area contributed by atoms with Gasteiger partial charge >= 0.3 is 0 Å². The zero-order valence-corrected chi connectivity index (χ0v) is 16.1. The summed E-state index contributed by atoms with van der Waals surface area (Å²) < 4.78 is 10.8. The number of hydrogen-bond acceptors (Lipinski definition) is 9. The Balaban J connectivity index is 1.30. The quantitative estimate of drug-likeness (QED) is 0.720. The van der Waals surface area contributed by atoms with E-state index >= 15 is 0 Å². The first-order valence-corrected chi connectivity index (χ1v) is 9.54. The van der Waals surface area contributed by atoms with Crippen molar-refractivity contribution < 1.29 is 9.47 Å². The van der Waals surface area contributed by atoms with E-state index < -0.39 is 0 Å². The van der Waals surface area contributed by atoms with Crippen LogP contribution in [0.25, 0.3) is 0 Å². The summed E-state index contributed by atoms with van der Waals surface area (Å²) in [5.74, 6) is 3.74. The average molecular weight is 391 g/mol. The molecule has 5 rings (SSSR count). The van der Waals surface area contributed by atoms with E-state index in [4.69, 9.17) is 14.5 Å². The van der Waals surface area contributed by atoms with Gasteiger partial charge in [-0.05, 0) is 25.1 Å². The lowest BCUT2D eigenvalue weighted by molar-refractivity contribution is 0.174. The second kappa shape index (κ2) is 7.42. The molecule has 0 amide bonds. The molecule has 4 heterocycles. The van der Waals surface area contributed by atoms with Crippen LogP contribution in [0.15, 0.2) is 42.7 Å². The van der Waals surface area contributed by atoms with Crippen molar-refractivity contribution in [3.05, 3.63) is 48.4 Å². The maximum Gasteiger partial charge on any atom is 0.231 e. The van der Waals surface area contributed by atoms with E-state index in [1.165, 1.54) is 0 Å². The molecular weight excluding hydrogens is 370 g/mol. The van der Waals surface area contributed by atoms with E-state index in [1.54, 1.807) is 12.4 Å². The molecule has 3 aromatic rings. The van der Waals surface area contributed by atoms with Crippen LogP contribution >= 0.6 is 0 Å². The van der Waals surface area contributed by atoms with Crippen molar-refractivity contribution in [3.63, 3.8) is 0 Å². The largest absolute Gasteiger partial charge is 0.454 e. The second-order valence-corrected chi connectivity index (χ2v) is 6.91. The predicted molar refractivity (Wildman–Crippen MR) is 109 cm³/mol. The van der Waals surface area contributed by atoms with Crippen molar-refractivity contribution in [1.82, 2.24) is 19.9 Å². The van der Waals surface area contributed by atoms with Crippen molar-refractivity contribution in [2.45, 2.75) is 6.92 Å². The lowest BCUT2D eigenvalue weighted by Crippen LogP contribution is -2.47. The maximum atomic E-state index is 5.45. The average Bonchev–Trinajstić information content (AvgIpc) is 3.22. The number of piperazine rings is 1. The molecule has 0 unspecified atom stereocenters. The van der Waals surface area contributed by atoms with Gasteiger partial charge in [0.15, 0.2) is 11.5 Å². The zero-order chi connectivity index (χ0) is 19.6. The Hall–Kier alpha value is -3.62. The maximum absolute atomic E-state index is 5.45. The smallest absolute Gasteiger partial charge is 0.231 e. The molecule has 0 saturated carbocycles. The third-order valence-electron chi connectivity index (χ3n) is 4.88. The first-order valence-electron chi connectivity index (χ1n) is 9.54. The number of rotatable bonds is 4. The molecule has 29 heavy (non-hydrogen) atoms. The van der Waals surface area contributed by atoms with Crippen molar-refractivity contribution in [3.8, 4) is 11.5 Å². The van der Waals surface area contributed by atoms with Crippen LogP contribution < -0.4 is 24.6 Å². The Kier molecular flexibility index (Phi) is 4.47. The van der Waals surface area contributed by atoms with Gasteiger partial charge in [-0.15, -0.1) is 0 Å². The van der Waals surface area contributed by atoms with Crippen molar-refractivity contribution in [2.75, 3.05) is 48.1 Å².